The van der Waals surface area contributed by atoms with E-state index in [1.54, 1.807) is 19.1 Å². The number of nitrogens with zero attached hydrogens (tertiary/aromatic N) is 3. The van der Waals surface area contributed by atoms with Crippen molar-refractivity contribution in [1.82, 2.24) is 9.97 Å². The Labute approximate surface area is 202 Å². The average Bonchev–Trinajstić information content (AvgIpc) is 2.80. The molecule has 0 bridgehead atoms. The molecule has 0 radical (unpaired) electrons. The van der Waals surface area contributed by atoms with E-state index in [2.05, 4.69) is 14.7 Å². The van der Waals surface area contributed by atoms with Crippen molar-refractivity contribution in [2.75, 3.05) is 24.6 Å². The number of sulfonamides is 1. The molecule has 0 amide bonds. The van der Waals surface area contributed by atoms with Crippen LogP contribution < -0.4 is 13.8 Å². The maximum absolute atomic E-state index is 13.0. The molecule has 3 rings (SSSR count). The molecule has 1 heterocycles. The number of halogens is 6. The standard InChI is InChI=1S/C22H19F6N3O4S/c1-14-3-6-16(7-4-14)36(32,33)31(2)20-29-10-9-18(30-20)17-11-15(34-12-21(23,24)25)5-8-19(17)35-13-22(26,27)28/h3-11H,12-13H2,1-2H3. The maximum Gasteiger partial charge on any atom is 0.422 e. The second-order valence-corrected chi connectivity index (χ2v) is 9.46. The number of ether oxygens (including phenoxy) is 2. The number of rotatable bonds is 8. The molecule has 0 aliphatic heterocycles. The van der Waals surface area contributed by atoms with Gasteiger partial charge in [0.1, 0.15) is 11.5 Å². The van der Waals surface area contributed by atoms with Gasteiger partial charge in [0.15, 0.2) is 13.2 Å². The number of benzene rings is 2. The first-order valence-electron chi connectivity index (χ1n) is 10.1. The van der Waals surface area contributed by atoms with Gasteiger partial charge in [-0.05, 0) is 43.3 Å². The van der Waals surface area contributed by atoms with Crippen LogP contribution in [-0.2, 0) is 10.0 Å². The lowest BCUT2D eigenvalue weighted by Crippen LogP contribution is -2.28. The van der Waals surface area contributed by atoms with Gasteiger partial charge < -0.3 is 9.47 Å². The van der Waals surface area contributed by atoms with E-state index in [1.165, 1.54) is 25.2 Å². The monoisotopic (exact) mass is 535 g/mol. The van der Waals surface area contributed by atoms with E-state index >= 15 is 0 Å². The topological polar surface area (TPSA) is 81.6 Å². The fourth-order valence-electron chi connectivity index (χ4n) is 2.88. The molecule has 0 atom stereocenters. The minimum absolute atomic E-state index is 0.0543. The van der Waals surface area contributed by atoms with Crippen LogP contribution in [0.25, 0.3) is 11.3 Å². The highest BCUT2D eigenvalue weighted by Gasteiger charge is 2.30. The fourth-order valence-corrected chi connectivity index (χ4v) is 3.97. The highest BCUT2D eigenvalue weighted by atomic mass is 32.2. The quantitative estimate of drug-likeness (QED) is 0.371. The second kappa shape index (κ2) is 10.2. The van der Waals surface area contributed by atoms with Crippen molar-refractivity contribution in [3.05, 3.63) is 60.3 Å². The summed E-state index contributed by atoms with van der Waals surface area (Å²) in [4.78, 5) is 7.96. The molecule has 0 saturated heterocycles. The molecular formula is C22H19F6N3O4S. The average molecular weight is 535 g/mol. The van der Waals surface area contributed by atoms with Crippen LogP contribution in [0.1, 0.15) is 5.56 Å². The predicted molar refractivity (Wildman–Crippen MR) is 117 cm³/mol. The third-order valence-electron chi connectivity index (χ3n) is 4.62. The Bertz CT molecular complexity index is 1310. The Morgan fingerprint density at radius 1 is 0.889 bits per heavy atom. The van der Waals surface area contributed by atoms with Crippen LogP contribution in [0.15, 0.2) is 59.6 Å². The molecule has 7 nitrogen and oxygen atoms in total. The summed E-state index contributed by atoms with van der Waals surface area (Å²) in [5.74, 6) is -1.01. The van der Waals surface area contributed by atoms with Crippen LogP contribution >= 0.6 is 0 Å². The Morgan fingerprint density at radius 2 is 1.50 bits per heavy atom. The van der Waals surface area contributed by atoms with Gasteiger partial charge in [0.2, 0.25) is 5.95 Å². The predicted octanol–water partition coefficient (Wildman–Crippen LogP) is 5.16. The highest BCUT2D eigenvalue weighted by molar-refractivity contribution is 7.92. The zero-order chi connectivity index (χ0) is 26.7. The molecule has 36 heavy (non-hydrogen) atoms. The molecule has 0 fully saturated rings. The summed E-state index contributed by atoms with van der Waals surface area (Å²) < 4.78 is 112. The van der Waals surface area contributed by atoms with Crippen LogP contribution in [0.3, 0.4) is 0 Å². The first kappa shape index (κ1) is 27.0. The summed E-state index contributed by atoms with van der Waals surface area (Å²) in [6.07, 6.45) is -8.20. The number of aryl methyl sites for hydroxylation is 1. The van der Waals surface area contributed by atoms with E-state index in [4.69, 9.17) is 4.74 Å². The maximum atomic E-state index is 13.0. The number of anilines is 1. The van der Waals surface area contributed by atoms with Gasteiger partial charge in [-0.15, -0.1) is 0 Å². The van der Waals surface area contributed by atoms with Crippen molar-refractivity contribution in [1.29, 1.82) is 0 Å². The lowest BCUT2D eigenvalue weighted by molar-refractivity contribution is -0.154. The van der Waals surface area contributed by atoms with E-state index in [1.807, 2.05) is 0 Å². The van der Waals surface area contributed by atoms with Gasteiger partial charge in [-0.2, -0.15) is 26.3 Å². The van der Waals surface area contributed by atoms with Crippen molar-refractivity contribution in [2.45, 2.75) is 24.2 Å². The van der Waals surface area contributed by atoms with E-state index in [-0.39, 0.29) is 33.6 Å². The SMILES string of the molecule is Cc1ccc(S(=O)(=O)N(C)c2nccc(-c3cc(OCC(F)(F)F)ccc3OCC(F)(F)F)n2)cc1. The van der Waals surface area contributed by atoms with E-state index < -0.39 is 35.6 Å². The van der Waals surface area contributed by atoms with Gasteiger partial charge in [0.25, 0.3) is 10.0 Å². The highest BCUT2D eigenvalue weighted by Crippen LogP contribution is 2.35. The summed E-state index contributed by atoms with van der Waals surface area (Å²) in [5.41, 5.74) is 0.554. The number of alkyl halides is 6. The van der Waals surface area contributed by atoms with Gasteiger partial charge >= 0.3 is 12.4 Å². The third kappa shape index (κ3) is 6.99. The number of hydrogen-bond donors (Lipinski definition) is 0. The Balaban J connectivity index is 2.01. The molecule has 0 spiro atoms. The summed E-state index contributed by atoms with van der Waals surface area (Å²) in [7, 11) is -2.92. The normalized spacial score (nSPS) is 12.3. The van der Waals surface area contributed by atoms with Crippen molar-refractivity contribution in [3.63, 3.8) is 0 Å². The van der Waals surface area contributed by atoms with Crippen molar-refractivity contribution < 1.29 is 44.2 Å². The zero-order valence-electron chi connectivity index (χ0n) is 18.8. The molecule has 14 heteroatoms. The zero-order valence-corrected chi connectivity index (χ0v) is 19.6. The van der Waals surface area contributed by atoms with Crippen molar-refractivity contribution in [3.8, 4) is 22.8 Å². The summed E-state index contributed by atoms with van der Waals surface area (Å²) in [6, 6.07) is 10.2. The van der Waals surface area contributed by atoms with Crippen LogP contribution in [0.5, 0.6) is 11.5 Å². The second-order valence-electron chi connectivity index (χ2n) is 7.49. The minimum Gasteiger partial charge on any atom is -0.484 e. The molecule has 1 aromatic heterocycles. The van der Waals surface area contributed by atoms with Crippen molar-refractivity contribution in [2.24, 2.45) is 0 Å². The van der Waals surface area contributed by atoms with Crippen LogP contribution in [0.4, 0.5) is 32.3 Å². The first-order chi connectivity index (χ1) is 16.7. The molecule has 0 unspecified atom stereocenters. The van der Waals surface area contributed by atoms with Gasteiger partial charge in [-0.3, -0.25) is 0 Å². The van der Waals surface area contributed by atoms with Gasteiger partial charge in [0, 0.05) is 18.8 Å². The first-order valence-corrected chi connectivity index (χ1v) is 11.5. The van der Waals surface area contributed by atoms with E-state index in [0.29, 0.717) is 0 Å². The molecule has 2 aromatic carbocycles. The lowest BCUT2D eigenvalue weighted by Gasteiger charge is -2.19. The minimum atomic E-state index is -4.69. The summed E-state index contributed by atoms with van der Waals surface area (Å²) >= 11 is 0. The molecule has 0 N–H and O–H groups in total. The van der Waals surface area contributed by atoms with Gasteiger partial charge in [0.05, 0.1) is 10.6 Å². The van der Waals surface area contributed by atoms with Gasteiger partial charge in [-0.1, -0.05) is 17.7 Å². The molecule has 0 aliphatic rings. The van der Waals surface area contributed by atoms with Crippen LogP contribution in [0.2, 0.25) is 0 Å². The lowest BCUT2D eigenvalue weighted by atomic mass is 10.1. The largest absolute Gasteiger partial charge is 0.484 e. The van der Waals surface area contributed by atoms with Crippen LogP contribution in [0, 0.1) is 6.92 Å². The Morgan fingerprint density at radius 3 is 2.11 bits per heavy atom. The van der Waals surface area contributed by atoms with Crippen molar-refractivity contribution >= 4 is 16.0 Å². The van der Waals surface area contributed by atoms with Crippen LogP contribution in [-0.4, -0.2) is 51.0 Å². The number of aromatic nitrogens is 2. The van der Waals surface area contributed by atoms with E-state index in [0.717, 1.165) is 34.3 Å². The smallest absolute Gasteiger partial charge is 0.422 e. The molecule has 0 aliphatic carbocycles. The molecule has 0 saturated carbocycles. The molecule has 194 valence electrons. The Hall–Kier alpha value is -3.55. The third-order valence-corrected chi connectivity index (χ3v) is 6.38. The summed E-state index contributed by atoms with van der Waals surface area (Å²) in [6.45, 7) is -1.54. The van der Waals surface area contributed by atoms with Gasteiger partial charge in [-0.25, -0.2) is 22.7 Å². The number of hydrogen-bond acceptors (Lipinski definition) is 6. The van der Waals surface area contributed by atoms with E-state index in [9.17, 15) is 34.8 Å². The summed E-state index contributed by atoms with van der Waals surface area (Å²) in [5, 5.41) is 0. The molecule has 3 aromatic rings. The molecular weight excluding hydrogens is 516 g/mol. The Kier molecular flexibility index (Phi) is 7.67. The fraction of sp³-hybridized carbons (Fsp3) is 0.273.